The molecule has 0 aliphatic heterocycles. The molecule has 0 saturated heterocycles. The van der Waals surface area contributed by atoms with Gasteiger partial charge < -0.3 is 10.1 Å². The van der Waals surface area contributed by atoms with Crippen molar-refractivity contribution in [3.63, 3.8) is 0 Å². The van der Waals surface area contributed by atoms with Crippen molar-refractivity contribution in [2.45, 2.75) is 51.5 Å². The molecule has 0 bridgehead atoms. The average molecular weight is 448 g/mol. The molecule has 166 valence electrons. The van der Waals surface area contributed by atoms with Gasteiger partial charge in [0.25, 0.3) is 5.91 Å². The molecule has 1 aromatic heterocycles. The topological polar surface area (TPSA) is 98.2 Å². The van der Waals surface area contributed by atoms with E-state index in [0.29, 0.717) is 17.1 Å². The predicted molar refractivity (Wildman–Crippen MR) is 115 cm³/mol. The minimum absolute atomic E-state index is 0.0831. The normalized spacial score (nSPS) is 15.9. The van der Waals surface area contributed by atoms with Crippen molar-refractivity contribution in [2.75, 3.05) is 6.26 Å². The van der Waals surface area contributed by atoms with Gasteiger partial charge in [0.2, 0.25) is 5.88 Å². The molecule has 1 N–H and O–H groups in total. The maximum Gasteiger partial charge on any atom is 0.258 e. The number of nitrogens with zero attached hydrogens (tertiary/aromatic N) is 2. The Morgan fingerprint density at radius 2 is 2.03 bits per heavy atom. The van der Waals surface area contributed by atoms with Gasteiger partial charge in [0, 0.05) is 29.8 Å². The van der Waals surface area contributed by atoms with Crippen molar-refractivity contribution >= 4 is 15.7 Å². The third kappa shape index (κ3) is 6.33. The standard InChI is InChI=1S/C22H26FN3O4S/c1-14-12-17(8-9-19(14)23)30-22-18(13-24-20(26-22)16-6-4-5-7-16)21(27)25-15(2)10-11-31(3,28)29/h8-13,15-16H,4-7H2,1-3H3,(H,25,27). The number of nitrogens with one attached hydrogen (secondary N) is 1. The number of halogens is 1. The van der Waals surface area contributed by atoms with Gasteiger partial charge in [-0.2, -0.15) is 4.98 Å². The van der Waals surface area contributed by atoms with Gasteiger partial charge in [-0.1, -0.05) is 18.9 Å². The summed E-state index contributed by atoms with van der Waals surface area (Å²) in [5.41, 5.74) is 0.524. The van der Waals surface area contributed by atoms with E-state index in [0.717, 1.165) is 37.3 Å². The van der Waals surface area contributed by atoms with E-state index >= 15 is 0 Å². The first-order valence-electron chi connectivity index (χ1n) is 10.1. The fraction of sp³-hybridized carbons (Fsp3) is 0.409. The molecule has 1 aromatic carbocycles. The van der Waals surface area contributed by atoms with Crippen LogP contribution in [0, 0.1) is 12.7 Å². The lowest BCUT2D eigenvalue weighted by atomic mass is 10.1. The molecule has 1 aliphatic carbocycles. The quantitative estimate of drug-likeness (QED) is 0.688. The largest absolute Gasteiger partial charge is 0.438 e. The zero-order valence-corrected chi connectivity index (χ0v) is 18.6. The van der Waals surface area contributed by atoms with Crippen LogP contribution in [-0.2, 0) is 9.84 Å². The molecule has 1 atom stereocenters. The first-order valence-corrected chi connectivity index (χ1v) is 12.1. The van der Waals surface area contributed by atoms with E-state index in [4.69, 9.17) is 4.74 Å². The van der Waals surface area contributed by atoms with E-state index in [9.17, 15) is 17.6 Å². The number of aromatic nitrogens is 2. The SMILES string of the molecule is Cc1cc(Oc2nc(C3CCCC3)ncc2C(=O)NC(C)C=CS(C)(=O)=O)ccc1F. The molecule has 1 amide bonds. The molecule has 2 aromatic rings. The van der Waals surface area contributed by atoms with Crippen LogP contribution in [0.2, 0.25) is 0 Å². The van der Waals surface area contributed by atoms with Crippen molar-refractivity contribution < 1.29 is 22.3 Å². The van der Waals surface area contributed by atoms with E-state index < -0.39 is 21.8 Å². The highest BCUT2D eigenvalue weighted by molar-refractivity contribution is 7.93. The maximum absolute atomic E-state index is 13.6. The van der Waals surface area contributed by atoms with E-state index in [1.165, 1.54) is 30.5 Å². The summed E-state index contributed by atoms with van der Waals surface area (Å²) in [5.74, 6) is 0.413. The summed E-state index contributed by atoms with van der Waals surface area (Å²) < 4.78 is 42.1. The Kier molecular flexibility index (Phi) is 7.04. The van der Waals surface area contributed by atoms with Gasteiger partial charge >= 0.3 is 0 Å². The first-order chi connectivity index (χ1) is 14.6. The second kappa shape index (κ2) is 9.55. The number of rotatable bonds is 7. The zero-order chi connectivity index (χ0) is 22.6. The number of amides is 1. The van der Waals surface area contributed by atoms with Crippen molar-refractivity contribution in [2.24, 2.45) is 0 Å². The summed E-state index contributed by atoms with van der Waals surface area (Å²) in [5, 5.41) is 3.73. The third-order valence-corrected chi connectivity index (χ3v) is 5.71. The van der Waals surface area contributed by atoms with Crippen molar-refractivity contribution in [3.05, 3.63) is 58.6 Å². The highest BCUT2D eigenvalue weighted by atomic mass is 32.2. The Bertz CT molecular complexity index is 1100. The molecular weight excluding hydrogens is 421 g/mol. The number of ether oxygens (including phenoxy) is 1. The van der Waals surface area contributed by atoms with Gasteiger partial charge in [-0.25, -0.2) is 17.8 Å². The van der Waals surface area contributed by atoms with Crippen LogP contribution in [0.5, 0.6) is 11.6 Å². The molecule has 1 unspecified atom stereocenters. The molecule has 0 radical (unpaired) electrons. The number of carbonyl (C=O) groups is 1. The van der Waals surface area contributed by atoms with E-state index in [1.54, 1.807) is 13.8 Å². The lowest BCUT2D eigenvalue weighted by molar-refractivity contribution is 0.0943. The fourth-order valence-electron chi connectivity index (χ4n) is 3.38. The number of benzene rings is 1. The monoisotopic (exact) mass is 447 g/mol. The van der Waals surface area contributed by atoms with Crippen molar-refractivity contribution in [1.29, 1.82) is 0 Å². The molecule has 7 nitrogen and oxygen atoms in total. The number of sulfone groups is 1. The van der Waals surface area contributed by atoms with Gasteiger partial charge in [0.15, 0.2) is 9.84 Å². The average Bonchev–Trinajstić information content (AvgIpc) is 3.23. The Balaban J connectivity index is 1.89. The molecule has 3 rings (SSSR count). The number of hydrogen-bond donors (Lipinski definition) is 1. The van der Waals surface area contributed by atoms with Crippen LogP contribution in [0.3, 0.4) is 0 Å². The third-order valence-electron chi connectivity index (χ3n) is 5.05. The number of aryl methyl sites for hydroxylation is 1. The second-order valence-corrected chi connectivity index (χ2v) is 9.79. The number of hydrogen-bond acceptors (Lipinski definition) is 6. The first kappa shape index (κ1) is 22.9. The van der Waals surface area contributed by atoms with Crippen LogP contribution < -0.4 is 10.1 Å². The van der Waals surface area contributed by atoms with Gasteiger partial charge in [-0.05, 0) is 50.5 Å². The zero-order valence-electron chi connectivity index (χ0n) is 17.8. The van der Waals surface area contributed by atoms with Crippen LogP contribution in [0.15, 0.2) is 35.9 Å². The summed E-state index contributed by atoms with van der Waals surface area (Å²) in [6.45, 7) is 3.27. The van der Waals surface area contributed by atoms with E-state index in [1.807, 2.05) is 0 Å². The molecule has 31 heavy (non-hydrogen) atoms. The minimum Gasteiger partial charge on any atom is -0.438 e. The van der Waals surface area contributed by atoms with Crippen LogP contribution in [-0.4, -0.2) is 36.6 Å². The summed E-state index contributed by atoms with van der Waals surface area (Å²) >= 11 is 0. The Hall–Kier alpha value is -2.81. The summed E-state index contributed by atoms with van der Waals surface area (Å²) in [6, 6.07) is 3.75. The molecule has 1 fully saturated rings. The Morgan fingerprint density at radius 1 is 1.32 bits per heavy atom. The predicted octanol–water partition coefficient (Wildman–Crippen LogP) is 4.05. The molecular formula is C22H26FN3O4S. The lowest BCUT2D eigenvalue weighted by Crippen LogP contribution is -2.31. The van der Waals surface area contributed by atoms with Crippen molar-refractivity contribution in [1.82, 2.24) is 15.3 Å². The van der Waals surface area contributed by atoms with Gasteiger partial charge in [0.05, 0.1) is 0 Å². The molecule has 1 aliphatic rings. The minimum atomic E-state index is -3.30. The van der Waals surface area contributed by atoms with Gasteiger partial charge in [-0.15, -0.1) is 0 Å². The second-order valence-electron chi connectivity index (χ2n) is 7.86. The fourth-order valence-corrected chi connectivity index (χ4v) is 3.90. The molecule has 9 heteroatoms. The van der Waals surface area contributed by atoms with Gasteiger partial charge in [-0.3, -0.25) is 4.79 Å². The van der Waals surface area contributed by atoms with Crippen molar-refractivity contribution in [3.8, 4) is 11.6 Å². The number of carbonyl (C=O) groups excluding carboxylic acids is 1. The Morgan fingerprint density at radius 3 is 2.68 bits per heavy atom. The molecule has 1 saturated carbocycles. The van der Waals surface area contributed by atoms with Crippen LogP contribution in [0.4, 0.5) is 4.39 Å². The molecule has 1 heterocycles. The highest BCUT2D eigenvalue weighted by Crippen LogP contribution is 2.34. The smallest absolute Gasteiger partial charge is 0.258 e. The van der Waals surface area contributed by atoms with Crippen LogP contribution >= 0.6 is 0 Å². The van der Waals surface area contributed by atoms with Gasteiger partial charge in [0.1, 0.15) is 23.0 Å². The Labute approximate surface area is 181 Å². The molecule has 0 spiro atoms. The summed E-state index contributed by atoms with van der Waals surface area (Å²) in [4.78, 5) is 21.7. The maximum atomic E-state index is 13.6. The summed E-state index contributed by atoms with van der Waals surface area (Å²) in [7, 11) is -3.30. The highest BCUT2D eigenvalue weighted by Gasteiger charge is 2.24. The summed E-state index contributed by atoms with van der Waals surface area (Å²) in [6.07, 6.45) is 8.05. The lowest BCUT2D eigenvalue weighted by Gasteiger charge is -2.15. The van der Waals surface area contributed by atoms with Crippen LogP contribution in [0.1, 0.15) is 60.3 Å². The van der Waals surface area contributed by atoms with E-state index in [-0.39, 0.29) is 23.2 Å². The van der Waals surface area contributed by atoms with Crippen LogP contribution in [0.25, 0.3) is 0 Å². The van der Waals surface area contributed by atoms with E-state index in [2.05, 4.69) is 15.3 Å².